The van der Waals surface area contributed by atoms with Crippen molar-refractivity contribution in [3.8, 4) is 11.1 Å². The molecule has 10 heteroatoms. The minimum absolute atomic E-state index is 0.0365. The molecule has 0 saturated carbocycles. The van der Waals surface area contributed by atoms with Gasteiger partial charge in [0.25, 0.3) is 0 Å². The van der Waals surface area contributed by atoms with Gasteiger partial charge in [-0.3, -0.25) is 9.59 Å². The van der Waals surface area contributed by atoms with E-state index in [1.54, 1.807) is 11.3 Å². The molecule has 0 saturated heterocycles. The molecule has 5 N–H and O–H groups in total. The van der Waals surface area contributed by atoms with Crippen molar-refractivity contribution in [2.24, 2.45) is 5.73 Å². The highest BCUT2D eigenvalue weighted by Crippen LogP contribution is 2.40. The molecule has 1 unspecified atom stereocenters. The number of aliphatic carboxylic acids is 1. The average Bonchev–Trinajstić information content (AvgIpc) is 3.08. The number of nitrogens with one attached hydrogen (secondary N) is 2. The van der Waals surface area contributed by atoms with Crippen molar-refractivity contribution in [2.75, 3.05) is 11.9 Å². The van der Waals surface area contributed by atoms with Crippen LogP contribution in [-0.2, 0) is 14.4 Å². The number of benzene rings is 1. The van der Waals surface area contributed by atoms with E-state index in [1.165, 1.54) is 11.9 Å². The number of thiophene rings is 1. The van der Waals surface area contributed by atoms with Crippen LogP contribution < -0.4 is 16.4 Å². The Balaban J connectivity index is 1.71. The van der Waals surface area contributed by atoms with Crippen LogP contribution >= 0.6 is 11.3 Å². The van der Waals surface area contributed by atoms with Crippen molar-refractivity contribution in [1.29, 1.82) is 0 Å². The molecule has 9 nitrogen and oxygen atoms in total. The normalized spacial score (nSPS) is 11.8. The Labute approximate surface area is 189 Å². The summed E-state index contributed by atoms with van der Waals surface area (Å²) in [5.41, 5.74) is 8.34. The smallest absolute Gasteiger partial charge is 0.326 e. The number of aromatic nitrogens is 2. The summed E-state index contributed by atoms with van der Waals surface area (Å²) in [6.07, 6.45) is 1.34. The van der Waals surface area contributed by atoms with Gasteiger partial charge in [-0.2, -0.15) is 0 Å². The molecular weight excluding hydrogens is 430 g/mol. The highest BCUT2D eigenvalue weighted by molar-refractivity contribution is 7.19. The molecule has 2 aromatic heterocycles. The monoisotopic (exact) mass is 455 g/mol. The van der Waals surface area contributed by atoms with Gasteiger partial charge in [0, 0.05) is 29.8 Å². The SMILES string of the molecule is Cc1ccc(-c2c(C)sc3ncnc(NCCC(=O)NC(CCC(N)=O)C(=O)O)c23)cc1. The van der Waals surface area contributed by atoms with Crippen molar-refractivity contribution in [2.45, 2.75) is 39.2 Å². The molecule has 32 heavy (non-hydrogen) atoms. The number of hydrogen-bond donors (Lipinski definition) is 4. The number of rotatable bonds is 10. The van der Waals surface area contributed by atoms with Crippen molar-refractivity contribution < 1.29 is 19.5 Å². The van der Waals surface area contributed by atoms with Gasteiger partial charge < -0.3 is 21.5 Å². The lowest BCUT2D eigenvalue weighted by Crippen LogP contribution is -2.41. The predicted molar refractivity (Wildman–Crippen MR) is 123 cm³/mol. The number of carbonyl (C=O) groups is 3. The van der Waals surface area contributed by atoms with Gasteiger partial charge >= 0.3 is 5.97 Å². The number of carboxylic acids is 1. The minimum Gasteiger partial charge on any atom is -0.480 e. The van der Waals surface area contributed by atoms with E-state index >= 15 is 0 Å². The Morgan fingerprint density at radius 2 is 1.84 bits per heavy atom. The van der Waals surface area contributed by atoms with Crippen LogP contribution in [0.15, 0.2) is 30.6 Å². The summed E-state index contributed by atoms with van der Waals surface area (Å²) in [6.45, 7) is 4.32. The summed E-state index contributed by atoms with van der Waals surface area (Å²) >= 11 is 1.58. The zero-order chi connectivity index (χ0) is 23.3. The van der Waals surface area contributed by atoms with Gasteiger partial charge in [0.2, 0.25) is 11.8 Å². The second-order valence-corrected chi connectivity index (χ2v) is 8.64. The van der Waals surface area contributed by atoms with E-state index in [0.29, 0.717) is 5.82 Å². The van der Waals surface area contributed by atoms with Crippen molar-refractivity contribution in [3.63, 3.8) is 0 Å². The van der Waals surface area contributed by atoms with Crippen molar-refractivity contribution in [1.82, 2.24) is 15.3 Å². The Bertz CT molecular complexity index is 1140. The van der Waals surface area contributed by atoms with Crippen LogP contribution in [-0.4, -0.2) is 45.4 Å². The van der Waals surface area contributed by atoms with Crippen LogP contribution in [0.5, 0.6) is 0 Å². The molecule has 0 fully saturated rings. The van der Waals surface area contributed by atoms with Crippen LogP contribution in [0.1, 0.15) is 29.7 Å². The average molecular weight is 456 g/mol. The summed E-state index contributed by atoms with van der Waals surface area (Å²) in [5, 5.41) is 15.7. The fraction of sp³-hybridized carbons (Fsp3) is 0.318. The van der Waals surface area contributed by atoms with Gasteiger partial charge in [-0.15, -0.1) is 11.3 Å². The van der Waals surface area contributed by atoms with Crippen LogP contribution in [0.2, 0.25) is 0 Å². The summed E-state index contributed by atoms with van der Waals surface area (Å²) in [6, 6.07) is 7.07. The van der Waals surface area contributed by atoms with E-state index in [-0.39, 0.29) is 25.8 Å². The number of carboxylic acid groups (broad SMARTS) is 1. The van der Waals surface area contributed by atoms with E-state index < -0.39 is 23.8 Å². The summed E-state index contributed by atoms with van der Waals surface area (Å²) in [5.74, 6) is -1.65. The first-order valence-corrected chi connectivity index (χ1v) is 10.9. The van der Waals surface area contributed by atoms with Gasteiger partial charge in [-0.05, 0) is 25.8 Å². The van der Waals surface area contributed by atoms with E-state index in [1.807, 2.05) is 13.8 Å². The number of hydrogen-bond acceptors (Lipinski definition) is 7. The van der Waals surface area contributed by atoms with Crippen molar-refractivity contribution >= 4 is 45.2 Å². The Hall–Kier alpha value is -3.53. The molecule has 2 heterocycles. The molecule has 1 aromatic carbocycles. The van der Waals surface area contributed by atoms with Crippen molar-refractivity contribution in [3.05, 3.63) is 41.0 Å². The predicted octanol–water partition coefficient (Wildman–Crippen LogP) is 2.61. The van der Waals surface area contributed by atoms with Gasteiger partial charge in [0.15, 0.2) is 0 Å². The number of anilines is 1. The lowest BCUT2D eigenvalue weighted by atomic mass is 10.0. The van der Waals surface area contributed by atoms with Gasteiger partial charge in [0.1, 0.15) is 23.0 Å². The third kappa shape index (κ3) is 5.58. The van der Waals surface area contributed by atoms with Crippen LogP contribution in [0.4, 0.5) is 5.82 Å². The number of carbonyl (C=O) groups excluding carboxylic acids is 2. The van der Waals surface area contributed by atoms with Crippen LogP contribution in [0.3, 0.4) is 0 Å². The number of primary amides is 1. The van der Waals surface area contributed by atoms with Crippen LogP contribution in [0, 0.1) is 13.8 Å². The Morgan fingerprint density at radius 1 is 1.12 bits per heavy atom. The second-order valence-electron chi connectivity index (χ2n) is 7.44. The molecule has 0 radical (unpaired) electrons. The molecule has 168 valence electrons. The molecule has 3 rings (SSSR count). The standard InChI is InChI=1S/C22H25N5O4S/c1-12-3-5-14(6-4-12)18-13(2)32-21-19(18)20(25-11-26-21)24-10-9-17(29)27-15(22(30)31)7-8-16(23)28/h3-6,11,15H,7-10H2,1-2H3,(H2,23,28)(H,27,29)(H,30,31)(H,24,25,26). The first-order chi connectivity index (χ1) is 15.3. The molecule has 0 aliphatic heterocycles. The van der Waals surface area contributed by atoms with Crippen LogP contribution in [0.25, 0.3) is 21.3 Å². The highest BCUT2D eigenvalue weighted by Gasteiger charge is 2.21. The number of fused-ring (bicyclic) bond motifs is 1. The molecule has 0 bridgehead atoms. The summed E-state index contributed by atoms with van der Waals surface area (Å²) < 4.78 is 0. The van der Waals surface area contributed by atoms with E-state index in [0.717, 1.165) is 26.2 Å². The minimum atomic E-state index is -1.21. The quantitative estimate of drug-likeness (QED) is 0.367. The maximum atomic E-state index is 12.2. The molecule has 0 aliphatic rings. The topological polar surface area (TPSA) is 147 Å². The lowest BCUT2D eigenvalue weighted by Gasteiger charge is -2.14. The molecule has 0 spiro atoms. The fourth-order valence-electron chi connectivity index (χ4n) is 3.35. The Kier molecular flexibility index (Phi) is 7.37. The number of nitrogens with zero attached hydrogens (tertiary/aromatic N) is 2. The maximum absolute atomic E-state index is 12.2. The molecular formula is C22H25N5O4S. The first-order valence-electron chi connectivity index (χ1n) is 10.1. The van der Waals surface area contributed by atoms with E-state index in [2.05, 4.69) is 44.9 Å². The highest BCUT2D eigenvalue weighted by atomic mass is 32.1. The van der Waals surface area contributed by atoms with Gasteiger partial charge in [-0.25, -0.2) is 14.8 Å². The van der Waals surface area contributed by atoms with E-state index in [4.69, 9.17) is 5.73 Å². The molecule has 2 amide bonds. The zero-order valence-corrected chi connectivity index (χ0v) is 18.7. The summed E-state index contributed by atoms with van der Waals surface area (Å²) in [7, 11) is 0. The Morgan fingerprint density at radius 3 is 2.50 bits per heavy atom. The third-order valence-electron chi connectivity index (χ3n) is 4.96. The number of nitrogens with two attached hydrogens (primary N) is 1. The summed E-state index contributed by atoms with van der Waals surface area (Å²) in [4.78, 5) is 45.1. The zero-order valence-electron chi connectivity index (χ0n) is 17.8. The molecule has 0 aliphatic carbocycles. The van der Waals surface area contributed by atoms with Gasteiger partial charge in [-0.1, -0.05) is 29.8 Å². The van der Waals surface area contributed by atoms with E-state index in [9.17, 15) is 19.5 Å². The largest absolute Gasteiger partial charge is 0.480 e. The molecule has 1 atom stereocenters. The fourth-order valence-corrected chi connectivity index (χ4v) is 4.36. The molecule has 3 aromatic rings. The number of aryl methyl sites for hydroxylation is 2. The second kappa shape index (κ2) is 10.2. The first kappa shape index (κ1) is 23.1. The van der Waals surface area contributed by atoms with Gasteiger partial charge in [0.05, 0.1) is 5.39 Å². The third-order valence-corrected chi connectivity index (χ3v) is 5.97. The maximum Gasteiger partial charge on any atom is 0.326 e. The number of amides is 2. The lowest BCUT2D eigenvalue weighted by molar-refractivity contribution is -0.142.